The van der Waals surface area contributed by atoms with Gasteiger partial charge < -0.3 is 10.1 Å². The molecule has 0 aliphatic heterocycles. The van der Waals surface area contributed by atoms with Gasteiger partial charge in [-0.3, -0.25) is 4.79 Å². The largest absolute Gasteiger partial charge is 0.432 e. The van der Waals surface area contributed by atoms with Crippen molar-refractivity contribution in [1.82, 2.24) is 9.78 Å². The van der Waals surface area contributed by atoms with E-state index in [4.69, 9.17) is 11.6 Å². The van der Waals surface area contributed by atoms with Gasteiger partial charge in [-0.05, 0) is 24.3 Å². The Morgan fingerprint density at radius 3 is 2.59 bits per heavy atom. The second-order valence-corrected chi connectivity index (χ2v) is 5.57. The number of anilines is 1. The minimum Gasteiger partial charge on any atom is -0.432 e. The summed E-state index contributed by atoms with van der Waals surface area (Å²) >= 11 is 6.05. The number of nitrogens with zero attached hydrogens (tertiary/aromatic N) is 2. The highest BCUT2D eigenvalue weighted by Gasteiger charge is 2.23. The molecule has 1 heterocycles. The van der Waals surface area contributed by atoms with Gasteiger partial charge in [-0.2, -0.15) is 8.78 Å². The summed E-state index contributed by atoms with van der Waals surface area (Å²) in [6, 6.07) is 9.44. The third-order valence-corrected chi connectivity index (χ3v) is 3.75. The molecule has 0 unspecified atom stereocenters. The van der Waals surface area contributed by atoms with E-state index in [1.54, 1.807) is 24.3 Å². The molecule has 2 aromatic carbocycles. The maximum atomic E-state index is 14.2. The molecular formula is C17H10ClF4N3O2. The molecule has 0 bridgehead atoms. The van der Waals surface area contributed by atoms with Crippen LogP contribution in [-0.4, -0.2) is 22.3 Å². The van der Waals surface area contributed by atoms with Gasteiger partial charge in [0.15, 0.2) is 17.4 Å². The van der Waals surface area contributed by atoms with E-state index in [0.717, 1.165) is 0 Å². The summed E-state index contributed by atoms with van der Waals surface area (Å²) in [5.41, 5.74) is -0.551. The zero-order valence-corrected chi connectivity index (χ0v) is 14.1. The molecule has 0 fully saturated rings. The Bertz CT molecular complexity index is 994. The van der Waals surface area contributed by atoms with Crippen LogP contribution in [0, 0.1) is 11.6 Å². The van der Waals surface area contributed by atoms with Gasteiger partial charge in [-0.15, -0.1) is 5.10 Å². The first-order valence-electron chi connectivity index (χ1n) is 7.41. The van der Waals surface area contributed by atoms with E-state index in [0.29, 0.717) is 22.8 Å². The minimum atomic E-state index is -3.33. The van der Waals surface area contributed by atoms with Crippen LogP contribution in [0.1, 0.15) is 10.4 Å². The van der Waals surface area contributed by atoms with Crippen LogP contribution in [-0.2, 0) is 0 Å². The van der Waals surface area contributed by atoms with Gasteiger partial charge in [0.2, 0.25) is 0 Å². The summed E-state index contributed by atoms with van der Waals surface area (Å²) < 4.78 is 57.8. The van der Waals surface area contributed by atoms with Crippen molar-refractivity contribution in [2.45, 2.75) is 6.61 Å². The first-order valence-corrected chi connectivity index (χ1v) is 7.79. The Morgan fingerprint density at radius 1 is 1.15 bits per heavy atom. The number of ether oxygens (including phenoxy) is 1. The summed E-state index contributed by atoms with van der Waals surface area (Å²) in [6.07, 6.45) is 1.47. The highest BCUT2D eigenvalue weighted by Crippen LogP contribution is 2.26. The van der Waals surface area contributed by atoms with Crippen molar-refractivity contribution in [1.29, 1.82) is 0 Å². The number of carbonyl (C=O) groups is 1. The lowest BCUT2D eigenvalue weighted by molar-refractivity contribution is -0.0523. The van der Waals surface area contributed by atoms with Crippen LogP contribution in [0.25, 0.3) is 5.69 Å². The number of aromatic nitrogens is 2. The van der Waals surface area contributed by atoms with Crippen LogP contribution in [0.4, 0.5) is 23.4 Å². The van der Waals surface area contributed by atoms with Crippen LogP contribution in [0.3, 0.4) is 0 Å². The molecule has 1 aromatic heterocycles. The first-order chi connectivity index (χ1) is 12.9. The van der Waals surface area contributed by atoms with E-state index in [2.05, 4.69) is 15.2 Å². The highest BCUT2D eigenvalue weighted by atomic mass is 35.5. The Labute approximate surface area is 155 Å². The van der Waals surface area contributed by atoms with Crippen LogP contribution < -0.4 is 10.1 Å². The number of amides is 1. The predicted octanol–water partition coefficient (Wildman–Crippen LogP) is 4.66. The standard InChI is InChI=1S/C17H10ClF4N3O2/c18-9-3-1-2-4-11(9)25-8-7-13(24-25)23-16(26)14-10(19)5-6-12(15(14)20)27-17(21)22/h1-8,17H,(H,23,24,26). The summed E-state index contributed by atoms with van der Waals surface area (Å²) in [5.74, 6) is -4.97. The topological polar surface area (TPSA) is 56.2 Å². The molecule has 0 aliphatic carbocycles. The molecule has 1 amide bonds. The van der Waals surface area contributed by atoms with Crippen molar-refractivity contribution in [2.24, 2.45) is 0 Å². The molecule has 0 spiro atoms. The van der Waals surface area contributed by atoms with Gasteiger partial charge in [-0.1, -0.05) is 23.7 Å². The molecule has 3 rings (SSSR count). The fraction of sp³-hybridized carbons (Fsp3) is 0.0588. The Balaban J connectivity index is 1.85. The summed E-state index contributed by atoms with van der Waals surface area (Å²) in [6.45, 7) is -3.33. The monoisotopic (exact) mass is 399 g/mol. The van der Waals surface area contributed by atoms with Gasteiger partial charge in [0.1, 0.15) is 11.4 Å². The number of carbonyl (C=O) groups excluding carboxylic acids is 1. The number of hydrogen-bond acceptors (Lipinski definition) is 3. The van der Waals surface area contributed by atoms with Crippen molar-refractivity contribution in [3.63, 3.8) is 0 Å². The molecule has 0 saturated carbocycles. The van der Waals surface area contributed by atoms with Crippen molar-refractivity contribution >= 4 is 23.3 Å². The SMILES string of the molecule is O=C(Nc1ccn(-c2ccccc2Cl)n1)c1c(F)ccc(OC(F)F)c1F. The van der Waals surface area contributed by atoms with E-state index < -0.39 is 35.5 Å². The molecule has 10 heteroatoms. The van der Waals surface area contributed by atoms with E-state index in [9.17, 15) is 22.4 Å². The molecule has 0 radical (unpaired) electrons. The molecule has 3 aromatic rings. The average Bonchev–Trinajstić information content (AvgIpc) is 3.06. The van der Waals surface area contributed by atoms with E-state index in [1.807, 2.05) is 0 Å². The van der Waals surface area contributed by atoms with Gasteiger partial charge in [0, 0.05) is 12.3 Å². The molecule has 1 N–H and O–H groups in total. The first kappa shape index (κ1) is 18.7. The molecule has 27 heavy (non-hydrogen) atoms. The fourth-order valence-corrected chi connectivity index (χ4v) is 2.49. The summed E-state index contributed by atoms with van der Waals surface area (Å²) in [4.78, 5) is 12.2. The second-order valence-electron chi connectivity index (χ2n) is 5.16. The maximum absolute atomic E-state index is 14.2. The van der Waals surface area contributed by atoms with Crippen LogP contribution in [0.5, 0.6) is 5.75 Å². The lowest BCUT2D eigenvalue weighted by Crippen LogP contribution is -2.17. The van der Waals surface area contributed by atoms with Gasteiger partial charge in [0.05, 0.1) is 10.7 Å². The Morgan fingerprint density at radius 2 is 1.89 bits per heavy atom. The normalized spacial score (nSPS) is 10.9. The number of hydrogen-bond donors (Lipinski definition) is 1. The lowest BCUT2D eigenvalue weighted by Gasteiger charge is -2.10. The number of benzene rings is 2. The molecular weight excluding hydrogens is 390 g/mol. The predicted molar refractivity (Wildman–Crippen MR) is 89.5 cm³/mol. The average molecular weight is 400 g/mol. The summed E-state index contributed by atoms with van der Waals surface area (Å²) in [7, 11) is 0. The third kappa shape index (κ3) is 4.03. The van der Waals surface area contributed by atoms with Gasteiger partial charge in [0.25, 0.3) is 5.91 Å². The number of rotatable bonds is 5. The van der Waals surface area contributed by atoms with Gasteiger partial charge >= 0.3 is 6.61 Å². The van der Waals surface area contributed by atoms with Crippen molar-refractivity contribution < 1.29 is 27.1 Å². The third-order valence-electron chi connectivity index (χ3n) is 3.43. The van der Waals surface area contributed by atoms with E-state index in [-0.39, 0.29) is 5.82 Å². The second kappa shape index (κ2) is 7.67. The number of halogens is 5. The molecule has 0 aliphatic rings. The number of para-hydroxylation sites is 1. The van der Waals surface area contributed by atoms with E-state index >= 15 is 0 Å². The molecule has 140 valence electrons. The Hall–Kier alpha value is -3.07. The fourth-order valence-electron chi connectivity index (χ4n) is 2.27. The van der Waals surface area contributed by atoms with Gasteiger partial charge in [-0.25, -0.2) is 13.5 Å². The van der Waals surface area contributed by atoms with Crippen LogP contribution in [0.15, 0.2) is 48.7 Å². The number of nitrogens with one attached hydrogen (secondary N) is 1. The minimum absolute atomic E-state index is 0.0288. The highest BCUT2D eigenvalue weighted by molar-refractivity contribution is 6.32. The zero-order chi connectivity index (χ0) is 19.6. The lowest BCUT2D eigenvalue weighted by atomic mass is 10.1. The summed E-state index contributed by atoms with van der Waals surface area (Å²) in [5, 5.41) is 6.63. The van der Waals surface area contributed by atoms with Crippen LogP contribution in [0.2, 0.25) is 5.02 Å². The molecule has 0 saturated heterocycles. The van der Waals surface area contributed by atoms with Crippen molar-refractivity contribution in [3.05, 3.63) is 70.9 Å². The number of alkyl halides is 2. The Kier molecular flexibility index (Phi) is 5.31. The zero-order valence-electron chi connectivity index (χ0n) is 13.3. The van der Waals surface area contributed by atoms with Crippen molar-refractivity contribution in [2.75, 3.05) is 5.32 Å². The maximum Gasteiger partial charge on any atom is 0.387 e. The quantitative estimate of drug-likeness (QED) is 0.635. The smallest absolute Gasteiger partial charge is 0.387 e. The van der Waals surface area contributed by atoms with Crippen molar-refractivity contribution in [3.8, 4) is 11.4 Å². The van der Waals surface area contributed by atoms with E-state index in [1.165, 1.54) is 16.9 Å². The molecule has 0 atom stereocenters. The molecule has 5 nitrogen and oxygen atoms in total. The van der Waals surface area contributed by atoms with Crippen LogP contribution >= 0.6 is 11.6 Å².